The number of hydrogen-bond acceptors (Lipinski definition) is 4. The molecule has 2 aromatic rings. The quantitative estimate of drug-likeness (QED) is 0.812. The molecule has 0 atom stereocenters. The number of anilines is 3. The molecule has 2 amide bonds. The molecule has 25 heavy (non-hydrogen) atoms. The minimum atomic E-state index is -0.421. The first-order valence-electron chi connectivity index (χ1n) is 8.11. The van der Waals surface area contributed by atoms with Gasteiger partial charge in [-0.25, -0.2) is 14.8 Å². The van der Waals surface area contributed by atoms with E-state index in [-0.39, 0.29) is 0 Å². The second-order valence-corrected chi connectivity index (χ2v) is 7.04. The zero-order valence-electron chi connectivity index (χ0n) is 13.8. The zero-order chi connectivity index (χ0) is 17.8. The highest BCUT2D eigenvalue weighted by Crippen LogP contribution is 2.24. The molecule has 0 bridgehead atoms. The molecule has 6 nitrogen and oxygen atoms in total. The smallest absolute Gasteiger partial charge is 0.324 e. The van der Waals surface area contributed by atoms with Crippen molar-refractivity contribution in [3.8, 4) is 0 Å². The summed E-state index contributed by atoms with van der Waals surface area (Å²) in [5, 5.41) is 6.29. The monoisotopic (exact) mass is 379 g/mol. The van der Waals surface area contributed by atoms with Crippen molar-refractivity contribution < 1.29 is 4.79 Å². The second-order valence-electron chi connectivity index (χ2n) is 6.17. The van der Waals surface area contributed by atoms with E-state index in [4.69, 9.17) is 23.2 Å². The molecule has 2 N–H and O–H groups in total. The molecular formula is C17H19Cl2N5O. The maximum atomic E-state index is 12.2. The van der Waals surface area contributed by atoms with Crippen molar-refractivity contribution in [2.24, 2.45) is 5.92 Å². The molecule has 0 unspecified atom stereocenters. The number of carbonyl (C=O) groups excluding carboxylic acids is 1. The fourth-order valence-corrected chi connectivity index (χ4v) is 3.26. The highest BCUT2D eigenvalue weighted by atomic mass is 35.5. The number of amides is 2. The molecule has 0 saturated carbocycles. The number of aromatic nitrogens is 2. The summed E-state index contributed by atoms with van der Waals surface area (Å²) < 4.78 is 0. The second kappa shape index (κ2) is 7.89. The van der Waals surface area contributed by atoms with E-state index in [2.05, 4.69) is 32.4 Å². The Balaban J connectivity index is 1.64. The number of rotatable bonds is 3. The van der Waals surface area contributed by atoms with Crippen LogP contribution in [0.1, 0.15) is 19.8 Å². The molecule has 2 heterocycles. The van der Waals surface area contributed by atoms with Crippen LogP contribution >= 0.6 is 23.2 Å². The Hall–Kier alpha value is -2.05. The Labute approximate surface area is 156 Å². The summed E-state index contributed by atoms with van der Waals surface area (Å²) in [4.78, 5) is 22.8. The lowest BCUT2D eigenvalue weighted by atomic mass is 9.99. The molecule has 1 fully saturated rings. The van der Waals surface area contributed by atoms with Crippen LogP contribution in [-0.2, 0) is 0 Å². The van der Waals surface area contributed by atoms with Gasteiger partial charge in [-0.2, -0.15) is 0 Å². The SMILES string of the molecule is CC1CCN(c2cc(NC(=O)Nc3cc(Cl)cc(Cl)c3)ncn2)CC1. The Morgan fingerprint density at radius 1 is 1.08 bits per heavy atom. The van der Waals surface area contributed by atoms with E-state index in [0.29, 0.717) is 21.6 Å². The summed E-state index contributed by atoms with van der Waals surface area (Å²) in [6, 6.07) is 6.19. The van der Waals surface area contributed by atoms with Gasteiger partial charge in [-0.1, -0.05) is 30.1 Å². The van der Waals surface area contributed by atoms with E-state index in [1.54, 1.807) is 24.3 Å². The van der Waals surface area contributed by atoms with Gasteiger partial charge < -0.3 is 10.2 Å². The van der Waals surface area contributed by atoms with Crippen LogP contribution in [0.4, 0.5) is 22.1 Å². The van der Waals surface area contributed by atoms with Crippen LogP contribution in [0.2, 0.25) is 10.0 Å². The van der Waals surface area contributed by atoms with Crippen molar-refractivity contribution in [2.75, 3.05) is 28.6 Å². The van der Waals surface area contributed by atoms with Crippen LogP contribution in [0.25, 0.3) is 0 Å². The Bertz CT molecular complexity index is 742. The Kier molecular flexibility index (Phi) is 5.60. The molecule has 1 aliphatic rings. The molecule has 132 valence electrons. The number of urea groups is 1. The third-order valence-electron chi connectivity index (χ3n) is 4.12. The molecule has 1 aliphatic heterocycles. The van der Waals surface area contributed by atoms with E-state index in [1.807, 2.05) is 0 Å². The van der Waals surface area contributed by atoms with Crippen molar-refractivity contribution in [3.05, 3.63) is 40.6 Å². The van der Waals surface area contributed by atoms with Crippen molar-refractivity contribution in [2.45, 2.75) is 19.8 Å². The molecule has 1 aromatic carbocycles. The molecule has 1 aromatic heterocycles. The molecule has 0 spiro atoms. The van der Waals surface area contributed by atoms with Gasteiger partial charge in [0.2, 0.25) is 0 Å². The lowest BCUT2D eigenvalue weighted by molar-refractivity contribution is 0.262. The van der Waals surface area contributed by atoms with Crippen LogP contribution in [0.15, 0.2) is 30.6 Å². The van der Waals surface area contributed by atoms with E-state index in [1.165, 1.54) is 6.33 Å². The Morgan fingerprint density at radius 2 is 1.76 bits per heavy atom. The van der Waals surface area contributed by atoms with E-state index in [9.17, 15) is 4.79 Å². The first kappa shape index (κ1) is 17.8. The molecule has 1 saturated heterocycles. The molecule has 0 radical (unpaired) electrons. The normalized spacial score (nSPS) is 15.1. The summed E-state index contributed by atoms with van der Waals surface area (Å²) in [5.74, 6) is 2.00. The summed E-state index contributed by atoms with van der Waals surface area (Å²) in [7, 11) is 0. The van der Waals surface area contributed by atoms with Gasteiger partial charge in [0.25, 0.3) is 0 Å². The summed E-state index contributed by atoms with van der Waals surface area (Å²) in [6.07, 6.45) is 3.74. The van der Waals surface area contributed by atoms with Crippen molar-refractivity contribution in [1.29, 1.82) is 0 Å². The van der Waals surface area contributed by atoms with Gasteiger partial charge in [0.15, 0.2) is 0 Å². The number of benzene rings is 1. The highest BCUT2D eigenvalue weighted by Gasteiger charge is 2.17. The van der Waals surface area contributed by atoms with Gasteiger partial charge in [0.05, 0.1) is 0 Å². The average Bonchev–Trinajstić information content (AvgIpc) is 2.54. The third-order valence-corrected chi connectivity index (χ3v) is 4.56. The first-order valence-corrected chi connectivity index (χ1v) is 8.86. The van der Waals surface area contributed by atoms with Crippen molar-refractivity contribution >= 4 is 46.6 Å². The third kappa shape index (κ3) is 4.96. The number of nitrogens with zero attached hydrogens (tertiary/aromatic N) is 3. The van der Waals surface area contributed by atoms with Crippen LogP contribution in [0, 0.1) is 5.92 Å². The Morgan fingerprint density at radius 3 is 2.44 bits per heavy atom. The maximum Gasteiger partial charge on any atom is 0.324 e. The van der Waals surface area contributed by atoms with Gasteiger partial charge in [0.1, 0.15) is 18.0 Å². The van der Waals surface area contributed by atoms with Gasteiger partial charge in [-0.3, -0.25) is 5.32 Å². The van der Waals surface area contributed by atoms with E-state index in [0.717, 1.165) is 37.7 Å². The number of carbonyl (C=O) groups is 1. The zero-order valence-corrected chi connectivity index (χ0v) is 15.3. The lowest BCUT2D eigenvalue weighted by Gasteiger charge is -2.31. The molecule has 8 heteroatoms. The molecule has 3 rings (SSSR count). The summed E-state index contributed by atoms with van der Waals surface area (Å²) in [5.41, 5.74) is 0.509. The predicted octanol–water partition coefficient (Wildman–Crippen LogP) is 4.66. The lowest BCUT2D eigenvalue weighted by Crippen LogP contribution is -2.33. The topological polar surface area (TPSA) is 70.2 Å². The summed E-state index contributed by atoms with van der Waals surface area (Å²) in [6.45, 7) is 4.19. The van der Waals surface area contributed by atoms with Crippen LogP contribution in [0.5, 0.6) is 0 Å². The predicted molar refractivity (Wildman–Crippen MR) is 102 cm³/mol. The van der Waals surface area contributed by atoms with Crippen LogP contribution < -0.4 is 15.5 Å². The molecule has 0 aliphatic carbocycles. The standard InChI is InChI=1S/C17H19Cl2N5O/c1-11-2-4-24(5-3-11)16-9-15(20-10-21-16)23-17(25)22-14-7-12(18)6-13(19)8-14/h6-11H,2-5H2,1H3,(H2,20,21,22,23,25). The van der Waals surface area contributed by atoms with Gasteiger partial charge in [-0.15, -0.1) is 0 Å². The maximum absolute atomic E-state index is 12.2. The van der Waals surface area contributed by atoms with Crippen molar-refractivity contribution in [1.82, 2.24) is 9.97 Å². The first-order chi connectivity index (χ1) is 12.0. The molecular weight excluding hydrogens is 361 g/mol. The minimum absolute atomic E-state index is 0.421. The van der Waals surface area contributed by atoms with Gasteiger partial charge in [-0.05, 0) is 37.0 Å². The van der Waals surface area contributed by atoms with Crippen LogP contribution in [-0.4, -0.2) is 29.1 Å². The largest absolute Gasteiger partial charge is 0.356 e. The highest BCUT2D eigenvalue weighted by molar-refractivity contribution is 6.35. The van der Waals surface area contributed by atoms with Gasteiger partial charge >= 0.3 is 6.03 Å². The number of nitrogens with one attached hydrogen (secondary N) is 2. The average molecular weight is 380 g/mol. The fourth-order valence-electron chi connectivity index (χ4n) is 2.73. The number of halogens is 2. The summed E-state index contributed by atoms with van der Waals surface area (Å²) >= 11 is 11.9. The van der Waals surface area contributed by atoms with E-state index >= 15 is 0 Å². The van der Waals surface area contributed by atoms with Gasteiger partial charge in [0, 0.05) is 34.9 Å². The number of piperidine rings is 1. The van der Waals surface area contributed by atoms with Crippen LogP contribution in [0.3, 0.4) is 0 Å². The number of hydrogen-bond donors (Lipinski definition) is 2. The fraction of sp³-hybridized carbons (Fsp3) is 0.353. The van der Waals surface area contributed by atoms with Crippen molar-refractivity contribution in [3.63, 3.8) is 0 Å². The van der Waals surface area contributed by atoms with E-state index < -0.39 is 6.03 Å². The minimum Gasteiger partial charge on any atom is -0.356 e.